The molecule has 160 valence electrons. The Morgan fingerprint density at radius 3 is 1.81 bits per heavy atom. The molecule has 0 aromatic heterocycles. The van der Waals surface area contributed by atoms with Crippen LogP contribution in [0.15, 0.2) is 84.9 Å². The van der Waals surface area contributed by atoms with Crippen molar-refractivity contribution in [3.63, 3.8) is 0 Å². The largest absolute Gasteiger partial charge is 0.325 e. The molecular weight excluding hydrogens is 382 g/mol. The van der Waals surface area contributed by atoms with Gasteiger partial charge in [-0.15, -0.1) is 0 Å². The average Bonchev–Trinajstić information content (AvgIpc) is 2.82. The summed E-state index contributed by atoms with van der Waals surface area (Å²) >= 11 is 0. The first-order valence-electron chi connectivity index (χ1n) is 11.2. The van der Waals surface area contributed by atoms with Crippen LogP contribution in [0.1, 0.15) is 29.5 Å². The number of benzene rings is 3. The van der Waals surface area contributed by atoms with Gasteiger partial charge < -0.3 is 10.2 Å². The second-order valence-corrected chi connectivity index (χ2v) is 8.15. The highest BCUT2D eigenvalue weighted by Crippen LogP contribution is 2.26. The first-order valence-corrected chi connectivity index (χ1v) is 11.2. The number of piperazine rings is 1. The number of amides is 1. The van der Waals surface area contributed by atoms with Crippen LogP contribution in [0.25, 0.3) is 0 Å². The molecular formula is C27H31N3O. The van der Waals surface area contributed by atoms with Gasteiger partial charge in [-0.3, -0.25) is 9.69 Å². The summed E-state index contributed by atoms with van der Waals surface area (Å²) in [5.74, 6) is -0.349. The van der Waals surface area contributed by atoms with E-state index in [0.717, 1.165) is 56.1 Å². The maximum Gasteiger partial charge on any atom is 0.236 e. The third-order valence-electron chi connectivity index (χ3n) is 6.07. The predicted octanol–water partition coefficient (Wildman–Crippen LogP) is 4.59. The number of anilines is 1. The first kappa shape index (κ1) is 21.3. The standard InChI is InChI=1S/C27H31N3O/c1-2-29-17-19-30(20-18-29)21-22-13-15-25(16-14-22)28-27(31)26(23-9-5-3-6-10-23)24-11-7-4-8-12-24/h3-16,26H,2,17-21H2,1H3,(H,28,31). The van der Waals surface area contributed by atoms with Crippen LogP contribution >= 0.6 is 0 Å². The molecule has 0 spiro atoms. The van der Waals surface area contributed by atoms with E-state index in [4.69, 9.17) is 0 Å². The Morgan fingerprint density at radius 1 is 0.774 bits per heavy atom. The van der Waals surface area contributed by atoms with Crippen molar-refractivity contribution in [1.82, 2.24) is 9.80 Å². The number of carbonyl (C=O) groups excluding carboxylic acids is 1. The summed E-state index contributed by atoms with van der Waals surface area (Å²) in [5.41, 5.74) is 4.11. The molecule has 4 heteroatoms. The number of hydrogen-bond acceptors (Lipinski definition) is 3. The number of rotatable bonds is 7. The van der Waals surface area contributed by atoms with Gasteiger partial charge in [0.2, 0.25) is 5.91 Å². The molecule has 31 heavy (non-hydrogen) atoms. The van der Waals surface area contributed by atoms with Crippen molar-refractivity contribution in [2.24, 2.45) is 0 Å². The monoisotopic (exact) mass is 413 g/mol. The summed E-state index contributed by atoms with van der Waals surface area (Å²) in [6.07, 6.45) is 0. The molecule has 0 atom stereocenters. The van der Waals surface area contributed by atoms with E-state index in [2.05, 4.69) is 34.2 Å². The summed E-state index contributed by atoms with van der Waals surface area (Å²) < 4.78 is 0. The van der Waals surface area contributed by atoms with Gasteiger partial charge in [-0.2, -0.15) is 0 Å². The molecule has 4 nitrogen and oxygen atoms in total. The van der Waals surface area contributed by atoms with Crippen molar-refractivity contribution in [2.75, 3.05) is 38.0 Å². The van der Waals surface area contributed by atoms with Crippen molar-refractivity contribution in [3.8, 4) is 0 Å². The second-order valence-electron chi connectivity index (χ2n) is 8.15. The summed E-state index contributed by atoms with van der Waals surface area (Å²) in [7, 11) is 0. The Bertz CT molecular complexity index is 909. The Balaban J connectivity index is 1.42. The number of hydrogen-bond donors (Lipinski definition) is 1. The zero-order chi connectivity index (χ0) is 21.5. The normalized spacial score (nSPS) is 15.2. The fourth-order valence-electron chi connectivity index (χ4n) is 4.22. The first-order chi connectivity index (χ1) is 15.2. The lowest BCUT2D eigenvalue weighted by atomic mass is 9.90. The Hall–Kier alpha value is -2.95. The summed E-state index contributed by atoms with van der Waals surface area (Å²) in [4.78, 5) is 18.2. The molecule has 3 aromatic carbocycles. The minimum atomic E-state index is -0.336. The molecule has 0 bridgehead atoms. The van der Waals surface area contributed by atoms with Crippen LogP contribution in [-0.4, -0.2) is 48.4 Å². The summed E-state index contributed by atoms with van der Waals surface area (Å²) in [6, 6.07) is 28.2. The van der Waals surface area contributed by atoms with Crippen LogP contribution in [0.3, 0.4) is 0 Å². The fourth-order valence-corrected chi connectivity index (χ4v) is 4.22. The fraction of sp³-hybridized carbons (Fsp3) is 0.296. The molecule has 4 rings (SSSR count). The molecule has 3 aromatic rings. The van der Waals surface area contributed by atoms with E-state index in [0.29, 0.717) is 0 Å². The highest BCUT2D eigenvalue weighted by molar-refractivity contribution is 5.98. The molecule has 1 saturated heterocycles. The molecule has 1 aliphatic heterocycles. The lowest BCUT2D eigenvalue weighted by Gasteiger charge is -2.34. The van der Waals surface area contributed by atoms with Crippen LogP contribution < -0.4 is 5.32 Å². The Labute approximate surface area is 185 Å². The van der Waals surface area contributed by atoms with Gasteiger partial charge in [-0.05, 0) is 35.4 Å². The van der Waals surface area contributed by atoms with Crippen molar-refractivity contribution in [1.29, 1.82) is 0 Å². The van der Waals surface area contributed by atoms with E-state index < -0.39 is 0 Å². The van der Waals surface area contributed by atoms with Gasteiger partial charge in [0.25, 0.3) is 0 Å². The van der Waals surface area contributed by atoms with Gasteiger partial charge in [0, 0.05) is 38.4 Å². The van der Waals surface area contributed by atoms with Crippen molar-refractivity contribution in [2.45, 2.75) is 19.4 Å². The van der Waals surface area contributed by atoms with Gasteiger partial charge in [-0.1, -0.05) is 79.7 Å². The molecule has 1 heterocycles. The third-order valence-corrected chi connectivity index (χ3v) is 6.07. The maximum atomic E-state index is 13.3. The number of nitrogens with one attached hydrogen (secondary N) is 1. The van der Waals surface area contributed by atoms with Gasteiger partial charge >= 0.3 is 0 Å². The third kappa shape index (κ3) is 5.60. The van der Waals surface area contributed by atoms with Gasteiger partial charge in [0.15, 0.2) is 0 Å². The maximum absolute atomic E-state index is 13.3. The van der Waals surface area contributed by atoms with Crippen molar-refractivity contribution in [3.05, 3.63) is 102 Å². The van der Waals surface area contributed by atoms with Crippen LogP contribution in [0.2, 0.25) is 0 Å². The number of carbonyl (C=O) groups is 1. The summed E-state index contributed by atoms with van der Waals surface area (Å²) in [5, 5.41) is 3.12. The predicted molar refractivity (Wildman–Crippen MR) is 127 cm³/mol. The van der Waals surface area contributed by atoms with Crippen molar-refractivity contribution >= 4 is 11.6 Å². The van der Waals surface area contributed by atoms with Gasteiger partial charge in [-0.25, -0.2) is 0 Å². The highest BCUT2D eigenvalue weighted by Gasteiger charge is 2.22. The minimum absolute atomic E-state index is 0.0131. The molecule has 1 N–H and O–H groups in total. The van der Waals surface area contributed by atoms with Crippen LogP contribution in [0.4, 0.5) is 5.69 Å². The smallest absolute Gasteiger partial charge is 0.236 e. The highest BCUT2D eigenvalue weighted by atomic mass is 16.1. The zero-order valence-corrected chi connectivity index (χ0v) is 18.2. The molecule has 0 unspecified atom stereocenters. The topological polar surface area (TPSA) is 35.6 Å². The molecule has 1 aliphatic rings. The molecule has 0 aliphatic carbocycles. The van der Waals surface area contributed by atoms with E-state index >= 15 is 0 Å². The van der Waals surface area contributed by atoms with E-state index in [1.165, 1.54) is 5.56 Å². The molecule has 0 saturated carbocycles. The average molecular weight is 414 g/mol. The SMILES string of the molecule is CCN1CCN(Cc2ccc(NC(=O)C(c3ccccc3)c3ccccc3)cc2)CC1. The van der Waals surface area contributed by atoms with Gasteiger partial charge in [0.05, 0.1) is 5.92 Å². The van der Waals surface area contributed by atoms with Gasteiger partial charge in [0.1, 0.15) is 0 Å². The second kappa shape index (κ2) is 10.4. The van der Waals surface area contributed by atoms with E-state index in [1.54, 1.807) is 0 Å². The van der Waals surface area contributed by atoms with Crippen LogP contribution in [-0.2, 0) is 11.3 Å². The van der Waals surface area contributed by atoms with Crippen molar-refractivity contribution < 1.29 is 4.79 Å². The lowest BCUT2D eigenvalue weighted by Crippen LogP contribution is -2.45. The molecule has 0 radical (unpaired) electrons. The number of likely N-dealkylation sites (N-methyl/N-ethyl adjacent to an activating group) is 1. The zero-order valence-electron chi connectivity index (χ0n) is 18.2. The quantitative estimate of drug-likeness (QED) is 0.615. The van der Waals surface area contributed by atoms with Crippen LogP contribution in [0.5, 0.6) is 0 Å². The Morgan fingerprint density at radius 2 is 1.29 bits per heavy atom. The summed E-state index contributed by atoms with van der Waals surface area (Å²) in [6.45, 7) is 8.83. The lowest BCUT2D eigenvalue weighted by molar-refractivity contribution is -0.116. The molecule has 1 amide bonds. The number of nitrogens with zero attached hydrogens (tertiary/aromatic N) is 2. The van der Waals surface area contributed by atoms with Crippen LogP contribution in [0, 0.1) is 0 Å². The Kier molecular flexibility index (Phi) is 7.13. The molecule has 1 fully saturated rings. The van der Waals surface area contributed by atoms with E-state index in [-0.39, 0.29) is 11.8 Å². The van der Waals surface area contributed by atoms with E-state index in [9.17, 15) is 4.79 Å². The van der Waals surface area contributed by atoms with E-state index in [1.807, 2.05) is 72.8 Å². The minimum Gasteiger partial charge on any atom is -0.325 e.